The topological polar surface area (TPSA) is 26.3 Å². The fourth-order valence-corrected chi connectivity index (χ4v) is 2.27. The van der Waals surface area contributed by atoms with Crippen molar-refractivity contribution in [2.75, 3.05) is 13.2 Å². The standard InChI is InChI=1S/C9H14O2/c1-2-11-5-7-6-3-4-8(10)9(6)7/h6-7,9H,2-5H2,1H3. The highest BCUT2D eigenvalue weighted by Crippen LogP contribution is 2.55. The van der Waals surface area contributed by atoms with E-state index in [9.17, 15) is 4.79 Å². The van der Waals surface area contributed by atoms with Gasteiger partial charge in [0.2, 0.25) is 0 Å². The van der Waals surface area contributed by atoms with Crippen molar-refractivity contribution in [1.29, 1.82) is 0 Å². The number of carbonyl (C=O) groups excluding carboxylic acids is 1. The Bertz CT molecular complexity index is 176. The highest BCUT2D eigenvalue weighted by molar-refractivity contribution is 5.87. The monoisotopic (exact) mass is 154 g/mol. The van der Waals surface area contributed by atoms with Crippen molar-refractivity contribution in [2.45, 2.75) is 19.8 Å². The normalized spacial score (nSPS) is 40.8. The third-order valence-corrected chi connectivity index (χ3v) is 2.94. The highest BCUT2D eigenvalue weighted by atomic mass is 16.5. The SMILES string of the molecule is CCOCC1C2CCC(=O)C21. The number of ether oxygens (including phenoxy) is 1. The number of hydrogen-bond acceptors (Lipinski definition) is 2. The zero-order chi connectivity index (χ0) is 7.84. The zero-order valence-corrected chi connectivity index (χ0v) is 6.88. The van der Waals surface area contributed by atoms with Gasteiger partial charge in [0.05, 0.1) is 6.61 Å². The van der Waals surface area contributed by atoms with Gasteiger partial charge < -0.3 is 4.74 Å². The van der Waals surface area contributed by atoms with Gasteiger partial charge in [0, 0.05) is 18.9 Å². The molecule has 0 aromatic carbocycles. The molecule has 0 radical (unpaired) electrons. The molecule has 0 amide bonds. The van der Waals surface area contributed by atoms with Crippen LogP contribution in [0.15, 0.2) is 0 Å². The van der Waals surface area contributed by atoms with Crippen LogP contribution in [0.1, 0.15) is 19.8 Å². The molecular formula is C9H14O2. The summed E-state index contributed by atoms with van der Waals surface area (Å²) in [7, 11) is 0. The van der Waals surface area contributed by atoms with Gasteiger partial charge in [-0.05, 0) is 25.2 Å². The molecule has 2 nitrogen and oxygen atoms in total. The van der Waals surface area contributed by atoms with E-state index >= 15 is 0 Å². The molecule has 3 unspecified atom stereocenters. The van der Waals surface area contributed by atoms with Crippen molar-refractivity contribution in [3.05, 3.63) is 0 Å². The van der Waals surface area contributed by atoms with Crippen LogP contribution in [0, 0.1) is 17.8 Å². The Labute approximate surface area is 66.9 Å². The van der Waals surface area contributed by atoms with Crippen molar-refractivity contribution in [3.8, 4) is 0 Å². The fraction of sp³-hybridized carbons (Fsp3) is 0.889. The average Bonchev–Trinajstić information content (AvgIpc) is 2.58. The van der Waals surface area contributed by atoms with E-state index in [4.69, 9.17) is 4.74 Å². The minimum atomic E-state index is 0.404. The van der Waals surface area contributed by atoms with Gasteiger partial charge in [0.25, 0.3) is 0 Å². The van der Waals surface area contributed by atoms with Gasteiger partial charge in [0.1, 0.15) is 5.78 Å². The van der Waals surface area contributed by atoms with Gasteiger partial charge >= 0.3 is 0 Å². The maximum Gasteiger partial charge on any atom is 0.136 e. The lowest BCUT2D eigenvalue weighted by Gasteiger charge is -2.01. The smallest absolute Gasteiger partial charge is 0.136 e. The molecule has 0 saturated heterocycles. The Morgan fingerprint density at radius 3 is 3.00 bits per heavy atom. The molecule has 0 aliphatic heterocycles. The summed E-state index contributed by atoms with van der Waals surface area (Å²) >= 11 is 0. The molecule has 0 spiro atoms. The molecule has 0 aromatic rings. The molecule has 2 fully saturated rings. The third kappa shape index (κ3) is 1.09. The predicted octanol–water partition coefficient (Wildman–Crippen LogP) is 1.25. The number of hydrogen-bond donors (Lipinski definition) is 0. The molecule has 0 bridgehead atoms. The summed E-state index contributed by atoms with van der Waals surface area (Å²) in [5, 5.41) is 0. The Morgan fingerprint density at radius 2 is 2.45 bits per heavy atom. The summed E-state index contributed by atoms with van der Waals surface area (Å²) in [4.78, 5) is 11.1. The molecule has 3 atom stereocenters. The molecular weight excluding hydrogens is 140 g/mol. The van der Waals surface area contributed by atoms with Crippen LogP contribution in [0.25, 0.3) is 0 Å². The van der Waals surface area contributed by atoms with E-state index in [2.05, 4.69) is 0 Å². The van der Waals surface area contributed by atoms with Crippen LogP contribution in [0.2, 0.25) is 0 Å². The largest absolute Gasteiger partial charge is 0.381 e. The van der Waals surface area contributed by atoms with Crippen molar-refractivity contribution >= 4 is 5.78 Å². The molecule has 2 rings (SSSR count). The van der Waals surface area contributed by atoms with Gasteiger partial charge in [0.15, 0.2) is 0 Å². The van der Waals surface area contributed by atoms with Crippen LogP contribution in [0.5, 0.6) is 0 Å². The molecule has 0 heterocycles. The highest BCUT2D eigenvalue weighted by Gasteiger charge is 2.57. The molecule has 0 aromatic heterocycles. The molecule has 2 aliphatic rings. The number of ketones is 1. The lowest BCUT2D eigenvalue weighted by molar-refractivity contribution is -0.119. The lowest BCUT2D eigenvalue weighted by atomic mass is 10.1. The first-order valence-corrected chi connectivity index (χ1v) is 4.45. The van der Waals surface area contributed by atoms with Crippen LogP contribution in [0.3, 0.4) is 0 Å². The number of fused-ring (bicyclic) bond motifs is 1. The molecule has 11 heavy (non-hydrogen) atoms. The van der Waals surface area contributed by atoms with Gasteiger partial charge in [-0.2, -0.15) is 0 Å². The summed E-state index contributed by atoms with van der Waals surface area (Å²) < 4.78 is 5.29. The summed E-state index contributed by atoms with van der Waals surface area (Å²) in [6.07, 6.45) is 1.96. The third-order valence-electron chi connectivity index (χ3n) is 2.94. The van der Waals surface area contributed by atoms with E-state index in [0.29, 0.717) is 23.5 Å². The van der Waals surface area contributed by atoms with Gasteiger partial charge in [-0.1, -0.05) is 0 Å². The van der Waals surface area contributed by atoms with E-state index in [-0.39, 0.29) is 0 Å². The summed E-state index contributed by atoms with van der Waals surface area (Å²) in [5.74, 6) is 2.19. The van der Waals surface area contributed by atoms with Crippen molar-refractivity contribution in [2.24, 2.45) is 17.8 Å². The maximum atomic E-state index is 11.1. The van der Waals surface area contributed by atoms with Crippen molar-refractivity contribution in [1.82, 2.24) is 0 Å². The Balaban J connectivity index is 1.80. The van der Waals surface area contributed by atoms with Gasteiger partial charge in [-0.3, -0.25) is 4.79 Å². The first kappa shape index (κ1) is 7.29. The molecule has 62 valence electrons. The molecule has 2 heteroatoms. The number of carbonyl (C=O) groups is 1. The first-order valence-electron chi connectivity index (χ1n) is 4.45. The quantitative estimate of drug-likeness (QED) is 0.611. The second-order valence-corrected chi connectivity index (χ2v) is 3.52. The number of rotatable bonds is 3. The minimum absolute atomic E-state index is 0.404. The summed E-state index contributed by atoms with van der Waals surface area (Å²) in [6.45, 7) is 3.60. The van der Waals surface area contributed by atoms with Crippen LogP contribution < -0.4 is 0 Å². The van der Waals surface area contributed by atoms with Crippen LogP contribution in [-0.2, 0) is 9.53 Å². The molecule has 0 N–H and O–H groups in total. The number of Topliss-reactive ketones (excluding diaryl/α,β-unsaturated/α-hetero) is 1. The first-order chi connectivity index (χ1) is 5.34. The summed E-state index contributed by atoms with van der Waals surface area (Å²) in [6, 6.07) is 0. The Hall–Kier alpha value is -0.370. The Morgan fingerprint density at radius 1 is 1.64 bits per heavy atom. The predicted molar refractivity (Wildman–Crippen MR) is 41.2 cm³/mol. The molecule has 2 aliphatic carbocycles. The molecule has 2 saturated carbocycles. The fourth-order valence-electron chi connectivity index (χ4n) is 2.27. The average molecular weight is 154 g/mol. The lowest BCUT2D eigenvalue weighted by Crippen LogP contribution is -2.05. The van der Waals surface area contributed by atoms with Gasteiger partial charge in [-0.15, -0.1) is 0 Å². The zero-order valence-electron chi connectivity index (χ0n) is 6.88. The van der Waals surface area contributed by atoms with Crippen LogP contribution in [-0.4, -0.2) is 19.0 Å². The second-order valence-electron chi connectivity index (χ2n) is 3.52. The van der Waals surface area contributed by atoms with Crippen molar-refractivity contribution in [3.63, 3.8) is 0 Å². The van der Waals surface area contributed by atoms with Crippen LogP contribution >= 0.6 is 0 Å². The van der Waals surface area contributed by atoms with Crippen LogP contribution in [0.4, 0.5) is 0 Å². The maximum absolute atomic E-state index is 11.1. The van der Waals surface area contributed by atoms with Gasteiger partial charge in [-0.25, -0.2) is 0 Å². The van der Waals surface area contributed by atoms with E-state index < -0.39 is 0 Å². The van der Waals surface area contributed by atoms with E-state index in [0.717, 1.165) is 26.1 Å². The van der Waals surface area contributed by atoms with E-state index in [1.54, 1.807) is 0 Å². The van der Waals surface area contributed by atoms with E-state index in [1.807, 2.05) is 6.92 Å². The Kier molecular flexibility index (Phi) is 1.72. The second kappa shape index (κ2) is 2.59. The van der Waals surface area contributed by atoms with Crippen molar-refractivity contribution < 1.29 is 9.53 Å². The summed E-state index contributed by atoms with van der Waals surface area (Å²) in [5.41, 5.74) is 0. The van der Waals surface area contributed by atoms with E-state index in [1.165, 1.54) is 0 Å². The minimum Gasteiger partial charge on any atom is -0.381 e.